The molecule has 23 heavy (non-hydrogen) atoms. The Kier molecular flexibility index (Phi) is 3.11. The van der Waals surface area contributed by atoms with Crippen LogP contribution < -0.4 is 14.8 Å². The van der Waals surface area contributed by atoms with Crippen LogP contribution in [0.2, 0.25) is 0 Å². The van der Waals surface area contributed by atoms with Gasteiger partial charge in [-0.05, 0) is 24.5 Å². The van der Waals surface area contributed by atoms with Gasteiger partial charge < -0.3 is 19.8 Å². The summed E-state index contributed by atoms with van der Waals surface area (Å²) in [6.07, 6.45) is 2.89. The summed E-state index contributed by atoms with van der Waals surface area (Å²) in [6.45, 7) is 2.22. The highest BCUT2D eigenvalue weighted by Crippen LogP contribution is 2.34. The van der Waals surface area contributed by atoms with Gasteiger partial charge in [-0.15, -0.1) is 0 Å². The molecular formula is C17H16N2O4. The number of hydrogen-bond donors (Lipinski definition) is 2. The molecule has 1 aromatic heterocycles. The van der Waals surface area contributed by atoms with Gasteiger partial charge in [0, 0.05) is 30.1 Å². The Morgan fingerprint density at radius 3 is 2.96 bits per heavy atom. The van der Waals surface area contributed by atoms with Crippen LogP contribution >= 0.6 is 0 Å². The SMILES string of the molecule is CC1CC(=O)c2c(C(=O)Nc3ccc4c(c3)OCO4)c[nH]c2C1. The fourth-order valence-corrected chi connectivity index (χ4v) is 3.14. The molecule has 1 unspecified atom stereocenters. The summed E-state index contributed by atoms with van der Waals surface area (Å²) in [4.78, 5) is 27.8. The second-order valence-corrected chi connectivity index (χ2v) is 6.01. The standard InChI is InChI=1S/C17H16N2O4/c1-9-4-12-16(13(20)5-9)11(7-18-12)17(21)19-10-2-3-14-15(6-10)23-8-22-14/h2-3,6-7,9,18H,4-5,8H2,1H3,(H,19,21). The number of benzene rings is 1. The molecule has 1 aliphatic carbocycles. The number of Topliss-reactive ketones (excluding diaryl/α,β-unsaturated/α-hetero) is 1. The minimum absolute atomic E-state index is 0.0239. The Hall–Kier alpha value is -2.76. The summed E-state index contributed by atoms with van der Waals surface area (Å²) < 4.78 is 10.5. The third-order valence-electron chi connectivity index (χ3n) is 4.20. The lowest BCUT2D eigenvalue weighted by molar-refractivity contribution is 0.0940. The maximum absolute atomic E-state index is 12.5. The van der Waals surface area contributed by atoms with Crippen molar-refractivity contribution in [2.24, 2.45) is 5.92 Å². The zero-order chi connectivity index (χ0) is 16.0. The number of carbonyl (C=O) groups excluding carboxylic acids is 2. The van der Waals surface area contributed by atoms with Crippen LogP contribution in [0.25, 0.3) is 0 Å². The lowest BCUT2D eigenvalue weighted by Gasteiger charge is -2.17. The zero-order valence-electron chi connectivity index (χ0n) is 12.6. The highest BCUT2D eigenvalue weighted by Gasteiger charge is 2.29. The van der Waals surface area contributed by atoms with Gasteiger partial charge in [-0.1, -0.05) is 6.92 Å². The number of ketones is 1. The Labute approximate surface area is 132 Å². The number of aromatic amines is 1. The Bertz CT molecular complexity index is 809. The monoisotopic (exact) mass is 312 g/mol. The molecule has 6 nitrogen and oxygen atoms in total. The van der Waals surface area contributed by atoms with Crippen LogP contribution in [0.3, 0.4) is 0 Å². The number of hydrogen-bond acceptors (Lipinski definition) is 4. The summed E-state index contributed by atoms with van der Waals surface area (Å²) in [5.41, 5.74) is 2.38. The van der Waals surface area contributed by atoms with Crippen molar-refractivity contribution in [3.63, 3.8) is 0 Å². The second-order valence-electron chi connectivity index (χ2n) is 6.01. The van der Waals surface area contributed by atoms with Crippen molar-refractivity contribution in [3.05, 3.63) is 41.2 Å². The predicted octanol–water partition coefficient (Wildman–Crippen LogP) is 2.76. The van der Waals surface area contributed by atoms with Gasteiger partial charge in [0.05, 0.1) is 11.1 Å². The minimum Gasteiger partial charge on any atom is -0.454 e. The smallest absolute Gasteiger partial charge is 0.257 e. The van der Waals surface area contributed by atoms with Crippen LogP contribution in [0.4, 0.5) is 5.69 Å². The maximum Gasteiger partial charge on any atom is 0.257 e. The van der Waals surface area contributed by atoms with E-state index < -0.39 is 0 Å². The zero-order valence-corrected chi connectivity index (χ0v) is 12.6. The van der Waals surface area contributed by atoms with E-state index in [-0.39, 0.29) is 18.5 Å². The van der Waals surface area contributed by atoms with Crippen LogP contribution in [0, 0.1) is 5.92 Å². The van der Waals surface area contributed by atoms with E-state index >= 15 is 0 Å². The molecular weight excluding hydrogens is 296 g/mol. The predicted molar refractivity (Wildman–Crippen MR) is 83.1 cm³/mol. The molecule has 2 aliphatic rings. The van der Waals surface area contributed by atoms with Gasteiger partial charge in [0.1, 0.15) is 0 Å². The molecule has 0 saturated heterocycles. The molecule has 2 aromatic rings. The number of anilines is 1. The fourth-order valence-electron chi connectivity index (χ4n) is 3.14. The quantitative estimate of drug-likeness (QED) is 0.893. The molecule has 0 radical (unpaired) electrons. The maximum atomic E-state index is 12.5. The number of nitrogens with one attached hydrogen (secondary N) is 2. The van der Waals surface area contributed by atoms with Crippen molar-refractivity contribution >= 4 is 17.4 Å². The highest BCUT2D eigenvalue weighted by atomic mass is 16.7. The molecule has 0 spiro atoms. The van der Waals surface area contributed by atoms with Crippen LogP contribution in [0.15, 0.2) is 24.4 Å². The van der Waals surface area contributed by atoms with Crippen molar-refractivity contribution in [2.75, 3.05) is 12.1 Å². The summed E-state index contributed by atoms with van der Waals surface area (Å²) in [5.74, 6) is 1.29. The van der Waals surface area contributed by atoms with E-state index in [0.29, 0.717) is 40.7 Å². The van der Waals surface area contributed by atoms with E-state index in [1.807, 2.05) is 6.92 Å². The van der Waals surface area contributed by atoms with E-state index in [0.717, 1.165) is 12.1 Å². The number of amides is 1. The highest BCUT2D eigenvalue weighted by molar-refractivity contribution is 6.13. The minimum atomic E-state index is -0.302. The molecule has 118 valence electrons. The third-order valence-corrected chi connectivity index (χ3v) is 4.20. The number of aromatic nitrogens is 1. The third kappa shape index (κ3) is 2.36. The van der Waals surface area contributed by atoms with E-state index in [1.54, 1.807) is 24.4 Å². The van der Waals surface area contributed by atoms with Gasteiger partial charge in [0.25, 0.3) is 5.91 Å². The van der Waals surface area contributed by atoms with E-state index in [1.165, 1.54) is 0 Å². The van der Waals surface area contributed by atoms with Gasteiger partial charge in [0.2, 0.25) is 6.79 Å². The van der Waals surface area contributed by atoms with Gasteiger partial charge >= 0.3 is 0 Å². The normalized spacial score (nSPS) is 18.7. The fraction of sp³-hybridized carbons (Fsp3) is 0.294. The summed E-state index contributed by atoms with van der Waals surface area (Å²) in [7, 11) is 0. The summed E-state index contributed by atoms with van der Waals surface area (Å²) in [6, 6.07) is 5.20. The van der Waals surface area contributed by atoms with Crippen LogP contribution in [-0.4, -0.2) is 23.5 Å². The lowest BCUT2D eigenvalue weighted by Crippen LogP contribution is -2.21. The molecule has 1 aromatic carbocycles. The first-order valence-electron chi connectivity index (χ1n) is 7.56. The van der Waals surface area contributed by atoms with Gasteiger partial charge in [0.15, 0.2) is 17.3 Å². The van der Waals surface area contributed by atoms with Crippen molar-refractivity contribution < 1.29 is 19.1 Å². The average Bonchev–Trinajstić information content (AvgIpc) is 3.12. The van der Waals surface area contributed by atoms with E-state index in [4.69, 9.17) is 9.47 Å². The molecule has 1 amide bonds. The number of H-pyrrole nitrogens is 1. The van der Waals surface area contributed by atoms with Gasteiger partial charge in [-0.3, -0.25) is 9.59 Å². The molecule has 0 saturated carbocycles. The molecule has 2 heterocycles. The number of carbonyl (C=O) groups is 2. The summed E-state index contributed by atoms with van der Waals surface area (Å²) >= 11 is 0. The van der Waals surface area contributed by atoms with E-state index in [9.17, 15) is 9.59 Å². The number of rotatable bonds is 2. The lowest BCUT2D eigenvalue weighted by atomic mass is 9.86. The first kappa shape index (κ1) is 13.9. The Morgan fingerprint density at radius 2 is 2.09 bits per heavy atom. The van der Waals surface area contributed by atoms with Crippen LogP contribution in [0.5, 0.6) is 11.5 Å². The van der Waals surface area contributed by atoms with Crippen LogP contribution in [-0.2, 0) is 6.42 Å². The van der Waals surface area contributed by atoms with Gasteiger partial charge in [-0.2, -0.15) is 0 Å². The largest absolute Gasteiger partial charge is 0.454 e. The van der Waals surface area contributed by atoms with Crippen molar-refractivity contribution in [3.8, 4) is 11.5 Å². The molecule has 1 atom stereocenters. The number of ether oxygens (including phenoxy) is 2. The summed E-state index contributed by atoms with van der Waals surface area (Å²) in [5, 5.41) is 2.81. The molecule has 0 bridgehead atoms. The Morgan fingerprint density at radius 1 is 1.26 bits per heavy atom. The molecule has 4 rings (SSSR count). The van der Waals surface area contributed by atoms with Crippen LogP contribution in [0.1, 0.15) is 39.8 Å². The number of fused-ring (bicyclic) bond motifs is 2. The van der Waals surface area contributed by atoms with Gasteiger partial charge in [-0.25, -0.2) is 0 Å². The molecule has 0 fully saturated rings. The van der Waals surface area contributed by atoms with E-state index in [2.05, 4.69) is 10.3 Å². The van der Waals surface area contributed by atoms with Crippen molar-refractivity contribution in [1.82, 2.24) is 4.98 Å². The average molecular weight is 312 g/mol. The first-order valence-corrected chi connectivity index (χ1v) is 7.56. The first-order chi connectivity index (χ1) is 11.1. The second kappa shape index (κ2) is 5.15. The van der Waals surface area contributed by atoms with Crippen molar-refractivity contribution in [1.29, 1.82) is 0 Å². The molecule has 2 N–H and O–H groups in total. The molecule has 6 heteroatoms. The Balaban J connectivity index is 1.60. The molecule has 1 aliphatic heterocycles. The van der Waals surface area contributed by atoms with Crippen molar-refractivity contribution in [2.45, 2.75) is 19.8 Å². The topological polar surface area (TPSA) is 80.4 Å².